The first-order valence-corrected chi connectivity index (χ1v) is 7.31. The molecule has 1 aliphatic carbocycles. The molecule has 0 unspecified atom stereocenters. The van der Waals surface area contributed by atoms with Gasteiger partial charge in [0, 0.05) is 5.57 Å². The van der Waals surface area contributed by atoms with Gasteiger partial charge in [0.1, 0.15) is 0 Å². The highest BCUT2D eigenvalue weighted by Crippen LogP contribution is 2.23. The van der Waals surface area contributed by atoms with Crippen molar-refractivity contribution in [1.29, 1.82) is 0 Å². The Labute approximate surface area is 132 Å². The normalized spacial score (nSPS) is 15.7. The zero-order chi connectivity index (χ0) is 16.7. The van der Waals surface area contributed by atoms with E-state index in [-0.39, 0.29) is 23.1 Å². The van der Waals surface area contributed by atoms with Crippen LogP contribution in [0.1, 0.15) is 40.0 Å². The Morgan fingerprint density at radius 3 is 2.23 bits per heavy atom. The number of ketones is 2. The summed E-state index contributed by atoms with van der Waals surface area (Å²) in [6.45, 7) is 6.17. The molecule has 0 spiro atoms. The Bertz CT molecular complexity index is 570. The molecule has 0 N–H and O–H groups in total. The minimum absolute atomic E-state index is 0.0133. The molecule has 0 aliphatic heterocycles. The molecule has 0 heterocycles. The van der Waals surface area contributed by atoms with Crippen molar-refractivity contribution < 1.29 is 19.1 Å². The Morgan fingerprint density at radius 1 is 1.05 bits per heavy atom. The van der Waals surface area contributed by atoms with Gasteiger partial charge in [-0.15, -0.1) is 0 Å². The molecular weight excluding hydrogens is 280 g/mol. The summed E-state index contributed by atoms with van der Waals surface area (Å²) in [5, 5.41) is 0. The summed E-state index contributed by atoms with van der Waals surface area (Å²) >= 11 is 0. The molecule has 0 fully saturated rings. The Balaban J connectivity index is 2.77. The summed E-state index contributed by atoms with van der Waals surface area (Å²) in [5.74, 6) is -0.655. The minimum atomic E-state index is -0.329. The molecule has 4 nitrogen and oxygen atoms in total. The molecule has 0 bridgehead atoms. The molecule has 0 amide bonds. The number of allylic oxidation sites excluding steroid dienone is 6. The average Bonchev–Trinajstić information content (AvgIpc) is 2.46. The fraction of sp³-hybridized carbons (Fsp3) is 0.444. The SMILES string of the molecule is COC1=C(OC)C(=O)C(C/C=C(/C)CCC=C(C)C)=CC1=O. The highest BCUT2D eigenvalue weighted by Gasteiger charge is 2.29. The van der Waals surface area contributed by atoms with Gasteiger partial charge < -0.3 is 9.47 Å². The van der Waals surface area contributed by atoms with E-state index >= 15 is 0 Å². The Morgan fingerprint density at radius 2 is 1.68 bits per heavy atom. The quantitative estimate of drug-likeness (QED) is 0.532. The number of methoxy groups -OCH3 is 2. The number of rotatable bonds is 7. The third kappa shape index (κ3) is 4.72. The molecular formula is C18H24O4. The lowest BCUT2D eigenvalue weighted by molar-refractivity contribution is -0.120. The van der Waals surface area contributed by atoms with E-state index in [1.807, 2.05) is 13.0 Å². The van der Waals surface area contributed by atoms with Gasteiger partial charge in [-0.2, -0.15) is 0 Å². The molecule has 0 aromatic carbocycles. The van der Waals surface area contributed by atoms with Crippen LogP contribution in [-0.4, -0.2) is 25.8 Å². The van der Waals surface area contributed by atoms with E-state index in [2.05, 4.69) is 19.9 Å². The first kappa shape index (κ1) is 18.0. The molecule has 0 saturated heterocycles. The first-order chi connectivity index (χ1) is 10.4. The lowest BCUT2D eigenvalue weighted by Gasteiger charge is -2.16. The van der Waals surface area contributed by atoms with Gasteiger partial charge >= 0.3 is 0 Å². The van der Waals surface area contributed by atoms with Crippen molar-refractivity contribution in [3.63, 3.8) is 0 Å². The van der Waals surface area contributed by atoms with Crippen LogP contribution in [0.3, 0.4) is 0 Å². The molecule has 1 aliphatic rings. The Kier molecular flexibility index (Phi) is 6.83. The van der Waals surface area contributed by atoms with Crippen LogP contribution >= 0.6 is 0 Å². The highest BCUT2D eigenvalue weighted by molar-refractivity contribution is 6.21. The van der Waals surface area contributed by atoms with Crippen LogP contribution in [0.2, 0.25) is 0 Å². The summed E-state index contributed by atoms with van der Waals surface area (Å²) < 4.78 is 9.97. The molecule has 0 aromatic rings. The number of ether oxygens (including phenoxy) is 2. The highest BCUT2D eigenvalue weighted by atomic mass is 16.5. The number of Topliss-reactive ketones (excluding diaryl/α,β-unsaturated/α-hetero) is 1. The number of carbonyl (C=O) groups excluding carboxylic acids is 2. The van der Waals surface area contributed by atoms with Crippen LogP contribution < -0.4 is 0 Å². The number of carbonyl (C=O) groups is 2. The predicted octanol–water partition coefficient (Wildman–Crippen LogP) is 3.65. The van der Waals surface area contributed by atoms with Gasteiger partial charge in [0.2, 0.25) is 23.1 Å². The minimum Gasteiger partial charge on any atom is -0.490 e. The second-order valence-electron chi connectivity index (χ2n) is 5.50. The lowest BCUT2D eigenvalue weighted by atomic mass is 9.96. The first-order valence-electron chi connectivity index (χ1n) is 7.31. The summed E-state index contributed by atoms with van der Waals surface area (Å²) in [5.41, 5.74) is 2.92. The van der Waals surface area contributed by atoms with E-state index in [0.29, 0.717) is 12.0 Å². The summed E-state index contributed by atoms with van der Waals surface area (Å²) in [6.07, 6.45) is 7.85. The van der Waals surface area contributed by atoms with Gasteiger partial charge in [-0.1, -0.05) is 23.3 Å². The monoisotopic (exact) mass is 304 g/mol. The third-order valence-corrected chi connectivity index (χ3v) is 3.40. The van der Waals surface area contributed by atoms with Gasteiger partial charge in [-0.05, 0) is 46.1 Å². The van der Waals surface area contributed by atoms with Crippen LogP contribution in [0.5, 0.6) is 0 Å². The molecule has 1 rings (SSSR count). The van der Waals surface area contributed by atoms with Crippen LogP contribution in [-0.2, 0) is 19.1 Å². The van der Waals surface area contributed by atoms with Crippen molar-refractivity contribution in [1.82, 2.24) is 0 Å². The standard InChI is InChI=1S/C18H24O4/c1-12(2)7-6-8-13(3)9-10-14-11-15(19)17(21-4)18(22-5)16(14)20/h7,9,11H,6,8,10H2,1-5H3/b13-9-. The molecule has 0 saturated carbocycles. The molecule has 0 atom stereocenters. The van der Waals surface area contributed by atoms with E-state index in [9.17, 15) is 9.59 Å². The van der Waals surface area contributed by atoms with E-state index < -0.39 is 0 Å². The molecule has 4 heteroatoms. The largest absolute Gasteiger partial charge is 0.490 e. The van der Waals surface area contributed by atoms with E-state index in [0.717, 1.165) is 12.8 Å². The summed E-state index contributed by atoms with van der Waals surface area (Å²) in [6, 6.07) is 0. The second-order valence-corrected chi connectivity index (χ2v) is 5.50. The molecule has 120 valence electrons. The number of hydrogen-bond donors (Lipinski definition) is 0. The number of hydrogen-bond acceptors (Lipinski definition) is 4. The molecule has 22 heavy (non-hydrogen) atoms. The zero-order valence-electron chi connectivity index (χ0n) is 14.0. The topological polar surface area (TPSA) is 52.6 Å². The smallest absolute Gasteiger partial charge is 0.228 e. The second kappa shape index (κ2) is 8.37. The van der Waals surface area contributed by atoms with Crippen LogP contribution in [0, 0.1) is 0 Å². The van der Waals surface area contributed by atoms with Crippen molar-refractivity contribution >= 4 is 11.6 Å². The van der Waals surface area contributed by atoms with Gasteiger partial charge in [-0.25, -0.2) is 0 Å². The fourth-order valence-corrected chi connectivity index (χ4v) is 2.16. The molecule has 0 aromatic heterocycles. The van der Waals surface area contributed by atoms with Gasteiger partial charge in [0.25, 0.3) is 0 Å². The van der Waals surface area contributed by atoms with Gasteiger partial charge in [0.05, 0.1) is 14.2 Å². The zero-order valence-corrected chi connectivity index (χ0v) is 14.0. The van der Waals surface area contributed by atoms with Crippen molar-refractivity contribution in [3.05, 3.63) is 46.5 Å². The third-order valence-electron chi connectivity index (χ3n) is 3.40. The molecule has 0 radical (unpaired) electrons. The van der Waals surface area contributed by atoms with E-state index in [1.165, 1.54) is 31.4 Å². The van der Waals surface area contributed by atoms with Crippen molar-refractivity contribution in [2.24, 2.45) is 0 Å². The summed E-state index contributed by atoms with van der Waals surface area (Å²) in [4.78, 5) is 24.2. The maximum Gasteiger partial charge on any atom is 0.228 e. The average molecular weight is 304 g/mol. The predicted molar refractivity (Wildman–Crippen MR) is 86.2 cm³/mol. The lowest BCUT2D eigenvalue weighted by Crippen LogP contribution is -2.21. The van der Waals surface area contributed by atoms with E-state index in [1.54, 1.807) is 0 Å². The van der Waals surface area contributed by atoms with Gasteiger partial charge in [0.15, 0.2) is 0 Å². The van der Waals surface area contributed by atoms with Crippen molar-refractivity contribution in [2.75, 3.05) is 14.2 Å². The summed E-state index contributed by atoms with van der Waals surface area (Å²) in [7, 11) is 2.72. The van der Waals surface area contributed by atoms with Crippen LogP contribution in [0.25, 0.3) is 0 Å². The van der Waals surface area contributed by atoms with Crippen molar-refractivity contribution in [3.8, 4) is 0 Å². The van der Waals surface area contributed by atoms with E-state index in [4.69, 9.17) is 9.47 Å². The van der Waals surface area contributed by atoms with Crippen LogP contribution in [0.15, 0.2) is 46.5 Å². The van der Waals surface area contributed by atoms with Crippen molar-refractivity contribution in [2.45, 2.75) is 40.0 Å². The maximum atomic E-state index is 12.3. The van der Waals surface area contributed by atoms with Gasteiger partial charge in [-0.3, -0.25) is 9.59 Å². The maximum absolute atomic E-state index is 12.3. The Hall–Kier alpha value is -2.10. The fourth-order valence-electron chi connectivity index (χ4n) is 2.16. The van der Waals surface area contributed by atoms with Crippen LogP contribution in [0.4, 0.5) is 0 Å².